The fourth-order valence-corrected chi connectivity index (χ4v) is 2.75. The predicted octanol–water partition coefficient (Wildman–Crippen LogP) is 1.64. The smallest absolute Gasteiger partial charge is 0.159 e. The molecule has 8 heteroatoms. The molecular weight excluding hydrogens is 302 g/mol. The fraction of sp³-hybridized carbons (Fsp3) is 0.286. The molecule has 112 valence electrons. The largest absolute Gasteiger partial charge is 0.365 e. The number of rotatable bonds is 3. The van der Waals surface area contributed by atoms with E-state index in [0.717, 1.165) is 36.4 Å². The average Bonchev–Trinajstić information content (AvgIpc) is 3.16. The van der Waals surface area contributed by atoms with E-state index in [1.807, 2.05) is 4.57 Å². The Morgan fingerprint density at radius 2 is 2.23 bits per heavy atom. The first-order valence-corrected chi connectivity index (χ1v) is 7.46. The van der Waals surface area contributed by atoms with Crippen molar-refractivity contribution in [2.75, 3.05) is 18.4 Å². The second-order valence-corrected chi connectivity index (χ2v) is 5.59. The Bertz CT molecular complexity index is 810. The van der Waals surface area contributed by atoms with Gasteiger partial charge in [-0.15, -0.1) is 0 Å². The van der Waals surface area contributed by atoms with E-state index in [1.165, 1.54) is 0 Å². The monoisotopic (exact) mass is 315 g/mol. The van der Waals surface area contributed by atoms with Crippen LogP contribution < -0.4 is 10.6 Å². The van der Waals surface area contributed by atoms with E-state index in [4.69, 9.17) is 11.6 Å². The van der Waals surface area contributed by atoms with E-state index < -0.39 is 0 Å². The van der Waals surface area contributed by atoms with E-state index in [9.17, 15) is 0 Å². The summed E-state index contributed by atoms with van der Waals surface area (Å²) in [6.45, 7) is 1.98. The summed E-state index contributed by atoms with van der Waals surface area (Å²) in [6, 6.07) is 2.16. The zero-order valence-electron chi connectivity index (χ0n) is 11.7. The molecule has 1 fully saturated rings. The molecule has 0 bridgehead atoms. The van der Waals surface area contributed by atoms with Crippen molar-refractivity contribution < 1.29 is 0 Å². The van der Waals surface area contributed by atoms with Crippen LogP contribution in [0.5, 0.6) is 0 Å². The maximum atomic E-state index is 5.97. The summed E-state index contributed by atoms with van der Waals surface area (Å²) >= 11 is 5.97. The number of hydrogen-bond acceptors (Lipinski definition) is 6. The van der Waals surface area contributed by atoms with Crippen molar-refractivity contribution in [3.8, 4) is 5.82 Å². The Hall–Kier alpha value is -2.25. The molecule has 4 heterocycles. The lowest BCUT2D eigenvalue weighted by Crippen LogP contribution is -2.23. The minimum Gasteiger partial charge on any atom is -0.365 e. The highest BCUT2D eigenvalue weighted by Gasteiger charge is 2.15. The third kappa shape index (κ3) is 2.49. The number of nitrogens with zero attached hydrogens (tertiary/aromatic N) is 5. The molecule has 3 aromatic heterocycles. The van der Waals surface area contributed by atoms with E-state index >= 15 is 0 Å². The number of hydrogen-bond donors (Lipinski definition) is 2. The third-order valence-corrected chi connectivity index (χ3v) is 3.89. The molecule has 4 rings (SSSR count). The van der Waals surface area contributed by atoms with Gasteiger partial charge in [0.05, 0.1) is 24.1 Å². The number of fused-ring (bicyclic) bond motifs is 1. The molecule has 2 N–H and O–H groups in total. The zero-order chi connectivity index (χ0) is 14.9. The first-order chi connectivity index (χ1) is 10.8. The van der Waals surface area contributed by atoms with Crippen LogP contribution in [0.3, 0.4) is 0 Å². The number of imidazole rings is 1. The van der Waals surface area contributed by atoms with Crippen molar-refractivity contribution in [1.29, 1.82) is 0 Å². The van der Waals surface area contributed by atoms with Crippen molar-refractivity contribution in [3.05, 3.63) is 36.1 Å². The molecular formula is C14H14ClN7. The molecule has 7 nitrogen and oxygen atoms in total. The van der Waals surface area contributed by atoms with Gasteiger partial charge in [0.15, 0.2) is 5.82 Å². The molecule has 0 saturated carbocycles. The van der Waals surface area contributed by atoms with Gasteiger partial charge in [-0.2, -0.15) is 0 Å². The molecule has 1 aliphatic rings. The van der Waals surface area contributed by atoms with Crippen LogP contribution in [0.25, 0.3) is 16.9 Å². The lowest BCUT2D eigenvalue weighted by atomic mass is 10.3. The maximum Gasteiger partial charge on any atom is 0.159 e. The first-order valence-electron chi connectivity index (χ1n) is 7.08. The number of nitrogens with one attached hydrogen (secondary N) is 2. The zero-order valence-corrected chi connectivity index (χ0v) is 12.5. The minimum atomic E-state index is 0.391. The van der Waals surface area contributed by atoms with Crippen molar-refractivity contribution in [2.45, 2.75) is 12.5 Å². The highest BCUT2D eigenvalue weighted by molar-refractivity contribution is 6.29. The first kappa shape index (κ1) is 13.4. The summed E-state index contributed by atoms with van der Waals surface area (Å²) in [5.74, 6) is 1.45. The lowest BCUT2D eigenvalue weighted by Gasteiger charge is -2.12. The molecule has 0 aromatic carbocycles. The van der Waals surface area contributed by atoms with Crippen LogP contribution in [-0.2, 0) is 0 Å². The van der Waals surface area contributed by atoms with Crippen molar-refractivity contribution >= 4 is 28.5 Å². The fourth-order valence-electron chi connectivity index (χ4n) is 2.60. The Morgan fingerprint density at radius 3 is 3.09 bits per heavy atom. The average molecular weight is 316 g/mol. The predicted molar refractivity (Wildman–Crippen MR) is 84.4 cm³/mol. The summed E-state index contributed by atoms with van der Waals surface area (Å²) in [7, 11) is 0. The molecule has 1 saturated heterocycles. The van der Waals surface area contributed by atoms with Crippen LogP contribution in [0.2, 0.25) is 5.15 Å². The number of anilines is 1. The Labute approximate surface area is 131 Å². The topological polar surface area (TPSA) is 80.5 Å². The van der Waals surface area contributed by atoms with Crippen LogP contribution in [0.15, 0.2) is 31.0 Å². The van der Waals surface area contributed by atoms with E-state index in [1.54, 1.807) is 31.0 Å². The molecule has 0 spiro atoms. The number of pyridine rings is 1. The van der Waals surface area contributed by atoms with Gasteiger partial charge in [0, 0.05) is 18.7 Å². The van der Waals surface area contributed by atoms with Crippen LogP contribution >= 0.6 is 11.6 Å². The Morgan fingerprint density at radius 1 is 1.27 bits per heavy atom. The van der Waals surface area contributed by atoms with Crippen molar-refractivity contribution in [3.63, 3.8) is 0 Å². The van der Waals surface area contributed by atoms with Crippen molar-refractivity contribution in [2.24, 2.45) is 0 Å². The van der Waals surface area contributed by atoms with Gasteiger partial charge in [0.25, 0.3) is 0 Å². The van der Waals surface area contributed by atoms with Gasteiger partial charge in [-0.05, 0) is 13.0 Å². The van der Waals surface area contributed by atoms with Crippen molar-refractivity contribution in [1.82, 2.24) is 29.8 Å². The highest BCUT2D eigenvalue weighted by atomic mass is 35.5. The van der Waals surface area contributed by atoms with Gasteiger partial charge in [-0.1, -0.05) is 11.6 Å². The molecule has 22 heavy (non-hydrogen) atoms. The van der Waals surface area contributed by atoms with Crippen LogP contribution in [0.4, 0.5) is 5.82 Å². The van der Waals surface area contributed by atoms with Gasteiger partial charge in [-0.25, -0.2) is 15.0 Å². The summed E-state index contributed by atoms with van der Waals surface area (Å²) in [5.41, 5.74) is 1.62. The quantitative estimate of drug-likeness (QED) is 0.715. The van der Waals surface area contributed by atoms with Gasteiger partial charge in [-0.3, -0.25) is 9.55 Å². The van der Waals surface area contributed by atoms with E-state index in [2.05, 4.69) is 30.6 Å². The molecule has 3 aromatic rings. The Kier molecular flexibility index (Phi) is 3.36. The Balaban J connectivity index is 1.70. The summed E-state index contributed by atoms with van der Waals surface area (Å²) < 4.78 is 1.86. The van der Waals surface area contributed by atoms with Gasteiger partial charge >= 0.3 is 0 Å². The standard InChI is InChI=1S/C14H14ClN7/c15-12-3-11-10(5-18-12)19-8-22(11)14-7-17-6-13(21-14)20-9-1-2-16-4-9/h3,5-9,16H,1-2,4H2,(H,20,21). The van der Waals surface area contributed by atoms with Crippen LogP contribution in [-0.4, -0.2) is 43.6 Å². The normalized spacial score (nSPS) is 18.0. The highest BCUT2D eigenvalue weighted by Crippen LogP contribution is 2.19. The molecule has 1 unspecified atom stereocenters. The SMILES string of the molecule is Clc1cc2c(cn1)ncn2-c1cncc(NC2CCNC2)n1. The lowest BCUT2D eigenvalue weighted by molar-refractivity contribution is 0.785. The molecule has 0 amide bonds. The van der Waals surface area contributed by atoms with Crippen LogP contribution in [0, 0.1) is 0 Å². The molecule has 1 atom stereocenters. The van der Waals surface area contributed by atoms with Gasteiger partial charge in [0.1, 0.15) is 22.8 Å². The maximum absolute atomic E-state index is 5.97. The second-order valence-electron chi connectivity index (χ2n) is 5.21. The van der Waals surface area contributed by atoms with E-state index in [-0.39, 0.29) is 0 Å². The molecule has 0 aliphatic carbocycles. The molecule has 1 aliphatic heterocycles. The number of halogens is 1. The minimum absolute atomic E-state index is 0.391. The third-order valence-electron chi connectivity index (χ3n) is 3.68. The molecule has 0 radical (unpaired) electrons. The van der Waals surface area contributed by atoms with Crippen LogP contribution in [0.1, 0.15) is 6.42 Å². The van der Waals surface area contributed by atoms with Gasteiger partial charge in [0.2, 0.25) is 0 Å². The number of aromatic nitrogens is 5. The van der Waals surface area contributed by atoms with Gasteiger partial charge < -0.3 is 10.6 Å². The summed E-state index contributed by atoms with van der Waals surface area (Å²) in [6.07, 6.45) is 7.87. The summed E-state index contributed by atoms with van der Waals surface area (Å²) in [5, 5.41) is 7.14. The second kappa shape index (κ2) is 5.51. The summed E-state index contributed by atoms with van der Waals surface area (Å²) in [4.78, 5) is 17.2. The van der Waals surface area contributed by atoms with E-state index in [0.29, 0.717) is 17.0 Å².